The Balaban J connectivity index is 1.87. The predicted molar refractivity (Wildman–Crippen MR) is 136 cm³/mol. The maximum absolute atomic E-state index is 14.1. The summed E-state index contributed by atoms with van der Waals surface area (Å²) in [5, 5.41) is 3.87. The predicted octanol–water partition coefficient (Wildman–Crippen LogP) is 5.75. The van der Waals surface area contributed by atoms with Crippen LogP contribution in [-0.2, 0) is 4.79 Å². The first-order valence-corrected chi connectivity index (χ1v) is 12.5. The third-order valence-corrected chi connectivity index (χ3v) is 8.53. The number of carbonyl (C=O) groups is 1. The number of piperidine rings is 1. The molecule has 1 saturated carbocycles. The summed E-state index contributed by atoms with van der Waals surface area (Å²) in [4.78, 5) is 14.1. The standard InChI is InChI=1S/C29H39NO5/c1-8-29(2,3)17-13-22-26(20-15-18(32-4)9-11-24(20)34-6)30-27(23(14-17)28(22)31)21-16-19(33-5)10-12-25(21)35-7/h9-12,15-17,22-23,26-27,30H,8,13-14H2,1-7H3. The topological polar surface area (TPSA) is 66.0 Å². The highest BCUT2D eigenvalue weighted by Gasteiger charge is 2.52. The Bertz CT molecular complexity index is 992. The molecule has 4 unspecified atom stereocenters. The molecule has 1 heterocycles. The second-order valence-electron chi connectivity index (χ2n) is 10.5. The molecule has 2 aliphatic rings. The number of hydrogen-bond acceptors (Lipinski definition) is 6. The Morgan fingerprint density at radius 3 is 1.63 bits per heavy atom. The van der Waals surface area contributed by atoms with Gasteiger partial charge in [0.2, 0.25) is 0 Å². The molecule has 2 aromatic rings. The van der Waals surface area contributed by atoms with Crippen LogP contribution in [0.15, 0.2) is 36.4 Å². The molecule has 2 aromatic carbocycles. The lowest BCUT2D eigenvalue weighted by Crippen LogP contribution is -2.54. The lowest BCUT2D eigenvalue weighted by molar-refractivity contribution is -0.139. The fourth-order valence-electron chi connectivity index (χ4n) is 5.95. The number of Topliss-reactive ketones (excluding diaryl/α,β-unsaturated/α-hetero) is 1. The van der Waals surface area contributed by atoms with Gasteiger partial charge in [0.15, 0.2) is 0 Å². The van der Waals surface area contributed by atoms with Crippen LogP contribution in [0.4, 0.5) is 0 Å². The van der Waals surface area contributed by atoms with Gasteiger partial charge >= 0.3 is 0 Å². The van der Waals surface area contributed by atoms with Crippen molar-refractivity contribution in [2.45, 2.75) is 52.1 Å². The number of carbonyl (C=O) groups excluding carboxylic acids is 1. The highest BCUT2D eigenvalue weighted by Crippen LogP contribution is 2.54. The Kier molecular flexibility index (Phi) is 7.32. The van der Waals surface area contributed by atoms with Crippen molar-refractivity contribution in [2.75, 3.05) is 28.4 Å². The van der Waals surface area contributed by atoms with Crippen LogP contribution in [0.2, 0.25) is 0 Å². The lowest BCUT2D eigenvalue weighted by atomic mass is 9.58. The zero-order valence-electron chi connectivity index (χ0n) is 22.0. The number of rotatable bonds is 8. The monoisotopic (exact) mass is 481 g/mol. The minimum atomic E-state index is -0.208. The van der Waals surface area contributed by atoms with E-state index in [0.717, 1.165) is 53.4 Å². The van der Waals surface area contributed by atoms with Crippen LogP contribution >= 0.6 is 0 Å². The Hall–Kier alpha value is -2.73. The molecule has 0 aromatic heterocycles. The summed E-state index contributed by atoms with van der Waals surface area (Å²) in [5.41, 5.74) is 2.04. The molecule has 0 spiro atoms. The molecule has 0 radical (unpaired) electrons. The number of ketones is 1. The van der Waals surface area contributed by atoms with E-state index in [1.54, 1.807) is 28.4 Å². The summed E-state index contributed by atoms with van der Waals surface area (Å²) in [6, 6.07) is 11.2. The summed E-state index contributed by atoms with van der Waals surface area (Å²) < 4.78 is 22.6. The van der Waals surface area contributed by atoms with Crippen LogP contribution in [-0.4, -0.2) is 34.2 Å². The van der Waals surface area contributed by atoms with Gasteiger partial charge in [0.25, 0.3) is 0 Å². The summed E-state index contributed by atoms with van der Waals surface area (Å²) in [5.74, 6) is 3.46. The molecule has 4 rings (SSSR count). The maximum atomic E-state index is 14.1. The summed E-state index contributed by atoms with van der Waals surface area (Å²) >= 11 is 0. The van der Waals surface area contributed by atoms with E-state index in [1.807, 2.05) is 36.4 Å². The first-order valence-electron chi connectivity index (χ1n) is 12.5. The van der Waals surface area contributed by atoms with Gasteiger partial charge in [-0.15, -0.1) is 0 Å². The molecule has 35 heavy (non-hydrogen) atoms. The maximum Gasteiger partial charge on any atom is 0.142 e. The Morgan fingerprint density at radius 2 is 1.26 bits per heavy atom. The van der Waals surface area contributed by atoms with Gasteiger partial charge < -0.3 is 24.3 Å². The number of methoxy groups -OCH3 is 4. The number of benzene rings is 2. The summed E-state index contributed by atoms with van der Waals surface area (Å²) in [6.07, 6.45) is 2.78. The van der Waals surface area contributed by atoms with E-state index in [1.165, 1.54) is 0 Å². The van der Waals surface area contributed by atoms with Crippen LogP contribution < -0.4 is 24.3 Å². The van der Waals surface area contributed by atoms with Gasteiger partial charge in [0, 0.05) is 35.0 Å². The largest absolute Gasteiger partial charge is 0.497 e. The average molecular weight is 482 g/mol. The molecular formula is C29H39NO5. The van der Waals surface area contributed by atoms with Crippen molar-refractivity contribution in [3.63, 3.8) is 0 Å². The van der Waals surface area contributed by atoms with Gasteiger partial charge in [-0.05, 0) is 60.6 Å². The molecule has 6 heteroatoms. The van der Waals surface area contributed by atoms with E-state index in [9.17, 15) is 4.79 Å². The van der Waals surface area contributed by atoms with E-state index < -0.39 is 0 Å². The minimum Gasteiger partial charge on any atom is -0.497 e. The van der Waals surface area contributed by atoms with Crippen LogP contribution in [0.1, 0.15) is 63.2 Å². The van der Waals surface area contributed by atoms with Gasteiger partial charge in [-0.2, -0.15) is 0 Å². The van der Waals surface area contributed by atoms with Crippen LogP contribution in [0.25, 0.3) is 0 Å². The summed E-state index contributed by atoms with van der Waals surface area (Å²) in [6.45, 7) is 6.91. The molecule has 6 nitrogen and oxygen atoms in total. The second kappa shape index (κ2) is 10.1. The molecule has 190 valence electrons. The van der Waals surface area contributed by atoms with Crippen molar-refractivity contribution in [3.05, 3.63) is 47.5 Å². The third-order valence-electron chi connectivity index (χ3n) is 8.53. The Morgan fingerprint density at radius 1 is 0.800 bits per heavy atom. The molecule has 1 aliphatic heterocycles. The molecule has 1 aliphatic carbocycles. The normalized spacial score (nSPS) is 26.3. The minimum absolute atomic E-state index is 0.139. The van der Waals surface area contributed by atoms with Crippen molar-refractivity contribution in [3.8, 4) is 23.0 Å². The SMILES string of the molecule is CCC(C)(C)C1CC2C(=O)C(C1)C(c1cc(OC)ccc1OC)NC2c1cc(OC)ccc1OC. The van der Waals surface area contributed by atoms with Gasteiger partial charge in [-0.1, -0.05) is 27.2 Å². The molecule has 1 saturated heterocycles. The van der Waals surface area contributed by atoms with Gasteiger partial charge in [0.05, 0.1) is 28.4 Å². The van der Waals surface area contributed by atoms with E-state index >= 15 is 0 Å². The first-order chi connectivity index (χ1) is 16.8. The van der Waals surface area contributed by atoms with E-state index in [2.05, 4.69) is 26.1 Å². The van der Waals surface area contributed by atoms with Crippen LogP contribution in [0.3, 0.4) is 0 Å². The zero-order valence-corrected chi connectivity index (χ0v) is 22.0. The van der Waals surface area contributed by atoms with Gasteiger partial charge in [0.1, 0.15) is 28.8 Å². The molecule has 1 N–H and O–H groups in total. The van der Waals surface area contributed by atoms with Crippen molar-refractivity contribution < 1.29 is 23.7 Å². The number of hydrogen-bond donors (Lipinski definition) is 1. The van der Waals surface area contributed by atoms with Crippen LogP contribution in [0, 0.1) is 23.2 Å². The second-order valence-corrected chi connectivity index (χ2v) is 10.5. The van der Waals surface area contributed by atoms with Crippen molar-refractivity contribution in [2.24, 2.45) is 23.2 Å². The highest BCUT2D eigenvalue weighted by atomic mass is 16.5. The molecule has 4 atom stereocenters. The number of fused-ring (bicyclic) bond motifs is 2. The van der Waals surface area contributed by atoms with E-state index in [4.69, 9.17) is 18.9 Å². The molecule has 2 fully saturated rings. The Labute approximate surface area is 209 Å². The third kappa shape index (κ3) is 4.61. The smallest absolute Gasteiger partial charge is 0.142 e. The van der Waals surface area contributed by atoms with Crippen molar-refractivity contribution >= 4 is 5.78 Å². The van der Waals surface area contributed by atoms with Gasteiger partial charge in [-0.25, -0.2) is 0 Å². The van der Waals surface area contributed by atoms with Crippen molar-refractivity contribution in [1.82, 2.24) is 5.32 Å². The number of ether oxygens (including phenoxy) is 4. The zero-order chi connectivity index (χ0) is 25.3. The lowest BCUT2D eigenvalue weighted by Gasteiger charge is -2.51. The van der Waals surface area contributed by atoms with Crippen LogP contribution in [0.5, 0.6) is 23.0 Å². The van der Waals surface area contributed by atoms with E-state index in [0.29, 0.717) is 11.7 Å². The average Bonchev–Trinajstić information content (AvgIpc) is 2.88. The van der Waals surface area contributed by atoms with E-state index in [-0.39, 0.29) is 29.3 Å². The summed E-state index contributed by atoms with van der Waals surface area (Å²) in [7, 11) is 6.66. The van der Waals surface area contributed by atoms with Crippen molar-refractivity contribution in [1.29, 1.82) is 0 Å². The molecule has 2 bridgehead atoms. The van der Waals surface area contributed by atoms with Gasteiger partial charge in [-0.3, -0.25) is 4.79 Å². The fourth-order valence-corrected chi connectivity index (χ4v) is 5.95. The highest BCUT2D eigenvalue weighted by molar-refractivity contribution is 5.87. The molecule has 0 amide bonds. The number of nitrogens with one attached hydrogen (secondary N) is 1. The first kappa shape index (κ1) is 25.4. The molecular weight excluding hydrogens is 442 g/mol. The fraction of sp³-hybridized carbons (Fsp3) is 0.552. The quantitative estimate of drug-likeness (QED) is 0.518.